The molecule has 5 rings (SSSR count). The van der Waals surface area contributed by atoms with Crippen molar-refractivity contribution in [2.75, 3.05) is 7.11 Å². The number of ether oxygens (including phenoxy) is 1. The zero-order chi connectivity index (χ0) is 25.6. The van der Waals surface area contributed by atoms with Gasteiger partial charge in [0, 0.05) is 24.0 Å². The van der Waals surface area contributed by atoms with Gasteiger partial charge in [0.25, 0.3) is 5.56 Å². The third-order valence-electron chi connectivity index (χ3n) is 5.62. The highest BCUT2D eigenvalue weighted by Gasteiger charge is 2.31. The van der Waals surface area contributed by atoms with E-state index in [9.17, 15) is 27.9 Å². The largest absolute Gasteiger partial charge is 0.481 e. The maximum absolute atomic E-state index is 13.4. The zero-order valence-corrected chi connectivity index (χ0v) is 18.5. The second-order valence-electron chi connectivity index (χ2n) is 7.71. The molecule has 0 bridgehead atoms. The Balaban J connectivity index is 1.90. The average Bonchev–Trinajstić information content (AvgIpc) is 2.88. The Labute approximate surface area is 199 Å². The monoisotopic (exact) mass is 495 g/mol. The molecule has 12 heteroatoms. The molecule has 1 N–H and O–H groups in total. The molecule has 0 aliphatic heterocycles. The number of aliphatic hydroxyl groups is 1. The lowest BCUT2D eigenvalue weighted by Crippen LogP contribution is -2.39. The van der Waals surface area contributed by atoms with Crippen LogP contribution in [0.3, 0.4) is 0 Å². The number of benzene rings is 1. The van der Waals surface area contributed by atoms with Gasteiger partial charge in [0.15, 0.2) is 0 Å². The van der Waals surface area contributed by atoms with Crippen molar-refractivity contribution < 1.29 is 23.0 Å². The van der Waals surface area contributed by atoms with Crippen LogP contribution in [-0.2, 0) is 12.9 Å². The molecule has 182 valence electrons. The molecule has 4 aromatic heterocycles. The highest BCUT2D eigenvalue weighted by atomic mass is 19.4. The predicted octanol–water partition coefficient (Wildman–Crippen LogP) is 3.13. The fraction of sp³-hybridized carbons (Fsp3) is 0.125. The summed E-state index contributed by atoms with van der Waals surface area (Å²) in [6.07, 6.45) is -1.95. The van der Waals surface area contributed by atoms with Crippen LogP contribution in [0.5, 0.6) is 5.88 Å². The molecule has 0 fully saturated rings. The highest BCUT2D eigenvalue weighted by molar-refractivity contribution is 6.01. The van der Waals surface area contributed by atoms with Gasteiger partial charge >= 0.3 is 11.9 Å². The van der Waals surface area contributed by atoms with Gasteiger partial charge in [-0.3, -0.25) is 14.3 Å². The maximum Gasteiger partial charge on any atom is 0.416 e. The zero-order valence-electron chi connectivity index (χ0n) is 18.5. The number of aromatic nitrogens is 5. The molecule has 5 aromatic rings. The van der Waals surface area contributed by atoms with Gasteiger partial charge in [0.2, 0.25) is 5.88 Å². The van der Waals surface area contributed by atoms with E-state index in [-0.39, 0.29) is 22.1 Å². The van der Waals surface area contributed by atoms with Crippen LogP contribution >= 0.6 is 0 Å². The molecule has 4 heterocycles. The first-order valence-electron chi connectivity index (χ1n) is 10.5. The van der Waals surface area contributed by atoms with Gasteiger partial charge in [-0.05, 0) is 36.4 Å². The van der Waals surface area contributed by atoms with Crippen molar-refractivity contribution in [2.24, 2.45) is 0 Å². The Morgan fingerprint density at radius 1 is 1.03 bits per heavy atom. The number of fused-ring (bicyclic) bond motifs is 3. The molecule has 0 spiro atoms. The van der Waals surface area contributed by atoms with E-state index < -0.39 is 29.7 Å². The molecule has 0 aliphatic carbocycles. The van der Waals surface area contributed by atoms with Crippen LogP contribution in [0.25, 0.3) is 38.9 Å². The van der Waals surface area contributed by atoms with Gasteiger partial charge in [-0.2, -0.15) is 13.2 Å². The van der Waals surface area contributed by atoms with E-state index in [1.54, 1.807) is 24.3 Å². The van der Waals surface area contributed by atoms with Crippen molar-refractivity contribution in [1.82, 2.24) is 24.1 Å². The Hall–Kier alpha value is -4.58. The normalized spacial score (nSPS) is 11.8. The molecular weight excluding hydrogens is 479 g/mol. The van der Waals surface area contributed by atoms with Crippen LogP contribution < -0.4 is 16.0 Å². The van der Waals surface area contributed by atoms with Crippen LogP contribution in [0.2, 0.25) is 0 Å². The van der Waals surface area contributed by atoms with Crippen molar-refractivity contribution in [2.45, 2.75) is 12.9 Å². The van der Waals surface area contributed by atoms with E-state index in [4.69, 9.17) is 4.74 Å². The van der Waals surface area contributed by atoms with Crippen LogP contribution in [0.4, 0.5) is 13.2 Å². The summed E-state index contributed by atoms with van der Waals surface area (Å²) in [7, 11) is 1.47. The number of hydrogen-bond donors (Lipinski definition) is 1. The SMILES string of the molecule is COc1ccc(-c2ccc3ncc4c(=O)n(CO)c(=O)n(-c5cccc(C(F)(F)F)c5)c4c3n2)cn1. The molecule has 0 aliphatic rings. The average molecular weight is 495 g/mol. The van der Waals surface area contributed by atoms with E-state index in [0.717, 1.165) is 22.8 Å². The molecule has 0 unspecified atom stereocenters. The molecule has 0 saturated carbocycles. The molecule has 0 atom stereocenters. The number of alkyl halides is 3. The number of methoxy groups -OCH3 is 1. The molecule has 0 amide bonds. The van der Waals surface area contributed by atoms with Crippen molar-refractivity contribution in [3.05, 3.63) is 87.3 Å². The molecule has 36 heavy (non-hydrogen) atoms. The third-order valence-corrected chi connectivity index (χ3v) is 5.62. The minimum absolute atomic E-state index is 0.0395. The summed E-state index contributed by atoms with van der Waals surface area (Å²) >= 11 is 0. The predicted molar refractivity (Wildman–Crippen MR) is 124 cm³/mol. The topological polar surface area (TPSA) is 112 Å². The summed E-state index contributed by atoms with van der Waals surface area (Å²) in [6, 6.07) is 10.7. The van der Waals surface area contributed by atoms with Gasteiger partial charge in [-0.1, -0.05) is 6.07 Å². The van der Waals surface area contributed by atoms with Crippen LogP contribution in [0.1, 0.15) is 5.56 Å². The maximum atomic E-state index is 13.4. The minimum atomic E-state index is -4.67. The minimum Gasteiger partial charge on any atom is -0.481 e. The van der Waals surface area contributed by atoms with Crippen molar-refractivity contribution in [3.8, 4) is 22.8 Å². The van der Waals surface area contributed by atoms with Gasteiger partial charge in [-0.15, -0.1) is 0 Å². The first kappa shape index (κ1) is 23.2. The van der Waals surface area contributed by atoms with Crippen molar-refractivity contribution in [3.63, 3.8) is 0 Å². The molecule has 9 nitrogen and oxygen atoms in total. The standard InChI is InChI=1S/C24H16F3N5O4/c1-36-19-8-5-13(10-29-19)17-6-7-18-20(30-17)21-16(11-28-18)22(34)31(12-33)23(35)32(21)15-4-2-3-14(9-15)24(25,26)27/h2-11,33H,12H2,1H3. The number of nitrogens with zero attached hydrogens (tertiary/aromatic N) is 5. The number of rotatable bonds is 4. The van der Waals surface area contributed by atoms with Crippen LogP contribution in [0.15, 0.2) is 70.5 Å². The van der Waals surface area contributed by atoms with E-state index >= 15 is 0 Å². The van der Waals surface area contributed by atoms with Crippen molar-refractivity contribution in [1.29, 1.82) is 0 Å². The molecule has 0 saturated heterocycles. The Kier molecular flexibility index (Phi) is 5.52. The second-order valence-corrected chi connectivity index (χ2v) is 7.71. The number of aliphatic hydroxyl groups excluding tert-OH is 1. The fourth-order valence-electron chi connectivity index (χ4n) is 3.88. The van der Waals surface area contributed by atoms with Gasteiger partial charge in [0.1, 0.15) is 12.2 Å². The fourth-order valence-corrected chi connectivity index (χ4v) is 3.88. The Bertz CT molecular complexity index is 1740. The summed E-state index contributed by atoms with van der Waals surface area (Å²) in [4.78, 5) is 39.2. The Morgan fingerprint density at radius 2 is 1.83 bits per heavy atom. The van der Waals surface area contributed by atoms with Gasteiger partial charge < -0.3 is 9.84 Å². The smallest absolute Gasteiger partial charge is 0.416 e. The quantitative estimate of drug-likeness (QED) is 0.381. The summed E-state index contributed by atoms with van der Waals surface area (Å²) in [5.74, 6) is 0.384. The van der Waals surface area contributed by atoms with E-state index in [2.05, 4.69) is 15.0 Å². The summed E-state index contributed by atoms with van der Waals surface area (Å²) < 4.78 is 46.8. The summed E-state index contributed by atoms with van der Waals surface area (Å²) in [6.45, 7) is -0.977. The van der Waals surface area contributed by atoms with E-state index in [1.165, 1.54) is 25.6 Å². The van der Waals surface area contributed by atoms with Crippen molar-refractivity contribution >= 4 is 21.9 Å². The third kappa shape index (κ3) is 3.77. The van der Waals surface area contributed by atoms with Gasteiger partial charge in [-0.25, -0.2) is 19.3 Å². The summed E-state index contributed by atoms with van der Waals surface area (Å²) in [5.41, 5.74) is -1.65. The number of hydrogen-bond acceptors (Lipinski definition) is 7. The van der Waals surface area contributed by atoms with Crippen LogP contribution in [0, 0.1) is 0 Å². The lowest BCUT2D eigenvalue weighted by molar-refractivity contribution is -0.137. The number of pyridine rings is 3. The molecular formula is C24H16F3N5O4. The molecule has 1 aromatic carbocycles. The van der Waals surface area contributed by atoms with E-state index in [1.807, 2.05) is 0 Å². The van der Waals surface area contributed by atoms with Crippen LogP contribution in [-0.4, -0.2) is 36.3 Å². The molecule has 0 radical (unpaired) electrons. The summed E-state index contributed by atoms with van der Waals surface area (Å²) in [5, 5.41) is 9.57. The highest BCUT2D eigenvalue weighted by Crippen LogP contribution is 2.31. The first-order valence-corrected chi connectivity index (χ1v) is 10.5. The number of halogens is 3. The second kappa shape index (κ2) is 8.57. The lowest BCUT2D eigenvalue weighted by atomic mass is 10.1. The lowest BCUT2D eigenvalue weighted by Gasteiger charge is -2.16. The van der Waals surface area contributed by atoms with E-state index in [0.29, 0.717) is 27.2 Å². The Morgan fingerprint density at radius 3 is 2.50 bits per heavy atom. The van der Waals surface area contributed by atoms with Gasteiger partial charge in [0.05, 0.1) is 40.5 Å². The first-order chi connectivity index (χ1) is 17.2.